The van der Waals surface area contributed by atoms with Gasteiger partial charge in [-0.3, -0.25) is 4.79 Å². The highest BCUT2D eigenvalue weighted by Crippen LogP contribution is 2.44. The van der Waals surface area contributed by atoms with Crippen LogP contribution >= 0.6 is 0 Å². The zero-order valence-electron chi connectivity index (χ0n) is 19.2. The van der Waals surface area contributed by atoms with E-state index in [2.05, 4.69) is 26.8 Å². The Labute approximate surface area is 189 Å². The van der Waals surface area contributed by atoms with Gasteiger partial charge in [-0.25, -0.2) is 15.0 Å². The van der Waals surface area contributed by atoms with E-state index in [1.54, 1.807) is 25.3 Å². The van der Waals surface area contributed by atoms with Gasteiger partial charge in [0.25, 0.3) is 0 Å². The van der Waals surface area contributed by atoms with Gasteiger partial charge in [0.15, 0.2) is 0 Å². The molecule has 3 N–H and O–H groups in total. The molecule has 3 rings (SSSR count). The largest absolute Gasteiger partial charge is 0.481 e. The molecule has 0 aromatic carbocycles. The Balaban J connectivity index is 0.000000307. The van der Waals surface area contributed by atoms with Gasteiger partial charge in [-0.05, 0) is 37.8 Å². The molecule has 1 aliphatic rings. The highest BCUT2D eigenvalue weighted by Gasteiger charge is 2.42. The molecule has 1 saturated carbocycles. The lowest BCUT2D eigenvalue weighted by Crippen LogP contribution is -2.40. The molecule has 0 bridgehead atoms. The average molecular weight is 441 g/mol. The minimum absolute atomic E-state index is 0.0910. The molecule has 9 heteroatoms. The summed E-state index contributed by atoms with van der Waals surface area (Å²) in [6.45, 7) is 9.72. The van der Waals surface area contributed by atoms with Crippen LogP contribution in [-0.2, 0) is 15.1 Å². The predicted octanol–water partition coefficient (Wildman–Crippen LogP) is 3.68. The summed E-state index contributed by atoms with van der Waals surface area (Å²) in [6.07, 6.45) is 6.54. The van der Waals surface area contributed by atoms with Gasteiger partial charge in [0.2, 0.25) is 11.8 Å². The lowest BCUT2D eigenvalue weighted by atomic mass is 9.77. The number of nitrogens with one attached hydrogen (secondary N) is 1. The second-order valence-electron chi connectivity index (χ2n) is 6.67. The second kappa shape index (κ2) is 13.7. The van der Waals surface area contributed by atoms with Crippen LogP contribution in [0, 0.1) is 11.3 Å². The molecule has 0 unspecified atom stereocenters. The third-order valence-corrected chi connectivity index (χ3v) is 4.59. The fourth-order valence-electron chi connectivity index (χ4n) is 2.69. The molecule has 2 heterocycles. The van der Waals surface area contributed by atoms with Crippen molar-refractivity contribution in [3.8, 4) is 11.9 Å². The van der Waals surface area contributed by atoms with Crippen molar-refractivity contribution in [3.05, 3.63) is 54.3 Å². The number of allylic oxidation sites excluding steroid dienone is 1. The van der Waals surface area contributed by atoms with Gasteiger partial charge in [0.1, 0.15) is 30.4 Å². The van der Waals surface area contributed by atoms with Crippen molar-refractivity contribution in [3.63, 3.8) is 0 Å². The molecule has 0 atom stereocenters. The van der Waals surface area contributed by atoms with Crippen LogP contribution in [0.15, 0.2) is 43.0 Å². The van der Waals surface area contributed by atoms with Crippen molar-refractivity contribution in [1.29, 1.82) is 5.26 Å². The Bertz CT molecular complexity index is 905. The van der Waals surface area contributed by atoms with E-state index in [4.69, 9.17) is 20.5 Å². The first-order valence-corrected chi connectivity index (χ1v) is 10.5. The molecule has 9 nitrogen and oxygen atoms in total. The van der Waals surface area contributed by atoms with Gasteiger partial charge in [-0.1, -0.05) is 27.4 Å². The van der Waals surface area contributed by atoms with Gasteiger partial charge < -0.3 is 20.5 Å². The normalized spacial score (nSPS) is 13.0. The average Bonchev–Trinajstić information content (AvgIpc) is 2.80. The highest BCUT2D eigenvalue weighted by molar-refractivity contribution is 5.75. The summed E-state index contributed by atoms with van der Waals surface area (Å²) in [6, 6.07) is 7.23. The number of hydrogen-bond acceptors (Lipinski definition) is 8. The summed E-state index contributed by atoms with van der Waals surface area (Å²) < 4.78 is 10.6. The number of primary amides is 1. The van der Waals surface area contributed by atoms with E-state index in [-0.39, 0.29) is 6.61 Å². The van der Waals surface area contributed by atoms with Crippen molar-refractivity contribution >= 4 is 11.7 Å². The summed E-state index contributed by atoms with van der Waals surface area (Å²) in [5.41, 5.74) is 6.82. The fraction of sp³-hybridized carbons (Fsp3) is 0.435. The van der Waals surface area contributed by atoms with E-state index in [9.17, 15) is 4.79 Å². The van der Waals surface area contributed by atoms with E-state index in [0.29, 0.717) is 11.4 Å². The van der Waals surface area contributed by atoms with Gasteiger partial charge in [-0.2, -0.15) is 5.26 Å². The second-order valence-corrected chi connectivity index (χ2v) is 6.67. The van der Waals surface area contributed by atoms with Crippen LogP contribution in [0.2, 0.25) is 0 Å². The van der Waals surface area contributed by atoms with Crippen molar-refractivity contribution in [2.75, 3.05) is 19.0 Å². The van der Waals surface area contributed by atoms with Gasteiger partial charge >= 0.3 is 0 Å². The highest BCUT2D eigenvalue weighted by atomic mass is 16.5. The lowest BCUT2D eigenvalue weighted by Gasteiger charge is -2.40. The molecule has 0 spiro atoms. The predicted molar refractivity (Wildman–Crippen MR) is 123 cm³/mol. The van der Waals surface area contributed by atoms with Gasteiger partial charge in [0.05, 0.1) is 18.4 Å². The molecule has 2 aromatic rings. The van der Waals surface area contributed by atoms with E-state index >= 15 is 0 Å². The number of hydrogen-bond donors (Lipinski definition) is 2. The van der Waals surface area contributed by atoms with Crippen LogP contribution in [0.25, 0.3) is 0 Å². The molecule has 0 aliphatic heterocycles. The van der Waals surface area contributed by atoms with E-state index in [0.717, 1.165) is 42.9 Å². The first-order chi connectivity index (χ1) is 15.4. The van der Waals surface area contributed by atoms with E-state index < -0.39 is 11.5 Å². The Hall–Kier alpha value is -3.51. The lowest BCUT2D eigenvalue weighted by molar-refractivity contribution is -0.142. The molecule has 0 saturated heterocycles. The van der Waals surface area contributed by atoms with E-state index in [1.807, 2.05) is 26.8 Å². The number of carbonyl (C=O) groups is 1. The van der Waals surface area contributed by atoms with Crippen LogP contribution in [0.5, 0.6) is 5.88 Å². The molecular formula is C23H32N6O3. The third-order valence-electron chi connectivity index (χ3n) is 4.59. The van der Waals surface area contributed by atoms with Crippen molar-refractivity contribution in [2.45, 2.75) is 52.1 Å². The first kappa shape index (κ1) is 26.5. The SMILES string of the molecule is C=C(CC)Nc1ccc(C#N)cn1.CC.COc1cc(C2(OCC(N)=O)CCC2)ncn1. The smallest absolute Gasteiger partial charge is 0.243 e. The molecule has 2 aromatic heterocycles. The van der Waals surface area contributed by atoms with Crippen LogP contribution in [0.3, 0.4) is 0 Å². The standard InChI is InChI=1S/C11H15N3O3.C10H11N3.C2H6/c1-16-10-5-8(13-7-14-10)11(3-2-4-11)17-6-9(12)15;1-3-8(2)13-10-5-4-9(6-11)7-12-10;1-2/h5,7H,2-4,6H2,1H3,(H2,12,15);4-5,7H,2-3H2,1H3,(H,12,13);1-2H3. The molecule has 1 aliphatic carbocycles. The molecule has 1 amide bonds. The number of anilines is 1. The number of ether oxygens (including phenoxy) is 2. The molecule has 0 radical (unpaired) electrons. The summed E-state index contributed by atoms with van der Waals surface area (Å²) >= 11 is 0. The molecule has 1 fully saturated rings. The Morgan fingerprint density at radius 3 is 2.50 bits per heavy atom. The minimum atomic E-state index is -0.495. The Morgan fingerprint density at radius 2 is 2.03 bits per heavy atom. The maximum Gasteiger partial charge on any atom is 0.243 e. The Morgan fingerprint density at radius 1 is 1.31 bits per heavy atom. The van der Waals surface area contributed by atoms with Crippen molar-refractivity contribution in [2.24, 2.45) is 5.73 Å². The monoisotopic (exact) mass is 440 g/mol. The van der Waals surface area contributed by atoms with Crippen LogP contribution in [0.4, 0.5) is 5.82 Å². The number of nitrogens with zero attached hydrogens (tertiary/aromatic N) is 4. The number of nitriles is 1. The quantitative estimate of drug-likeness (QED) is 0.634. The van der Waals surface area contributed by atoms with Crippen molar-refractivity contribution in [1.82, 2.24) is 15.0 Å². The number of methoxy groups -OCH3 is 1. The molecule has 172 valence electrons. The number of amides is 1. The van der Waals surface area contributed by atoms with Gasteiger partial charge in [-0.15, -0.1) is 0 Å². The van der Waals surface area contributed by atoms with Crippen LogP contribution < -0.4 is 15.8 Å². The van der Waals surface area contributed by atoms with Crippen LogP contribution in [0.1, 0.15) is 57.7 Å². The topological polar surface area (TPSA) is 136 Å². The minimum Gasteiger partial charge on any atom is -0.481 e. The zero-order valence-corrected chi connectivity index (χ0v) is 19.2. The number of pyridine rings is 1. The number of rotatable bonds is 8. The maximum absolute atomic E-state index is 10.8. The van der Waals surface area contributed by atoms with Gasteiger partial charge in [0, 0.05) is 18.0 Å². The van der Waals surface area contributed by atoms with Crippen molar-refractivity contribution < 1.29 is 14.3 Å². The summed E-state index contributed by atoms with van der Waals surface area (Å²) in [5.74, 6) is 0.743. The van der Waals surface area contributed by atoms with E-state index in [1.165, 1.54) is 12.5 Å². The summed E-state index contributed by atoms with van der Waals surface area (Å²) in [4.78, 5) is 23.0. The first-order valence-electron chi connectivity index (χ1n) is 10.5. The van der Waals surface area contributed by atoms with Crippen LogP contribution in [-0.4, -0.2) is 34.6 Å². The Kier molecular flexibility index (Phi) is 11.4. The molecule has 32 heavy (non-hydrogen) atoms. The summed E-state index contributed by atoms with van der Waals surface area (Å²) in [7, 11) is 1.55. The fourth-order valence-corrected chi connectivity index (χ4v) is 2.69. The number of carbonyl (C=O) groups excluding carboxylic acids is 1. The number of aromatic nitrogens is 3. The maximum atomic E-state index is 10.8. The summed E-state index contributed by atoms with van der Waals surface area (Å²) in [5, 5.41) is 11.6. The molecular weight excluding hydrogens is 408 g/mol. The number of nitrogens with two attached hydrogens (primary N) is 1. The zero-order chi connectivity index (χ0) is 24.0. The third kappa shape index (κ3) is 7.96.